The van der Waals surface area contributed by atoms with Crippen molar-refractivity contribution >= 4 is 40.9 Å². The third-order valence-corrected chi connectivity index (χ3v) is 8.15. The van der Waals surface area contributed by atoms with Crippen molar-refractivity contribution in [1.29, 1.82) is 0 Å². The van der Waals surface area contributed by atoms with E-state index in [0.717, 1.165) is 11.1 Å². The van der Waals surface area contributed by atoms with Crippen molar-refractivity contribution in [3.8, 4) is 44.5 Å². The van der Waals surface area contributed by atoms with Gasteiger partial charge in [-0.1, -0.05) is 42.5 Å². The molecule has 0 atom stereocenters. The standard InChI is InChI=1S/C40H28N2O8/c41-33-17-29(22-1-7-25(8-2-22)37(43)44)15-30(18-33)28-13-14-35(40(49)50)36(21-28)42-34-19-31(23-3-9-26(10-4-23)38(45)46)16-32(20-34)24-5-11-27(12-6-24)39(47)48/h1-21,42H,41H2,(H,43,44)(H,45,46)(H,47,48)(H,49,50). The van der Waals surface area contributed by atoms with E-state index in [4.69, 9.17) is 5.73 Å². The summed E-state index contributed by atoms with van der Waals surface area (Å²) < 4.78 is 0. The highest BCUT2D eigenvalue weighted by Gasteiger charge is 2.16. The van der Waals surface area contributed by atoms with E-state index in [1.165, 1.54) is 42.5 Å². The molecule has 0 aliphatic rings. The van der Waals surface area contributed by atoms with Crippen LogP contribution in [0.2, 0.25) is 0 Å². The van der Waals surface area contributed by atoms with Gasteiger partial charge in [-0.3, -0.25) is 0 Å². The fourth-order valence-corrected chi connectivity index (χ4v) is 5.60. The number of nitrogens with one attached hydrogen (secondary N) is 1. The molecule has 7 N–H and O–H groups in total. The van der Waals surface area contributed by atoms with Crippen molar-refractivity contribution in [2.75, 3.05) is 11.1 Å². The van der Waals surface area contributed by atoms with Crippen molar-refractivity contribution in [2.24, 2.45) is 0 Å². The van der Waals surface area contributed by atoms with E-state index < -0.39 is 23.9 Å². The van der Waals surface area contributed by atoms with E-state index in [1.54, 1.807) is 60.7 Å². The highest BCUT2D eigenvalue weighted by Crippen LogP contribution is 2.36. The first-order valence-corrected chi connectivity index (χ1v) is 15.2. The summed E-state index contributed by atoms with van der Waals surface area (Å²) in [5.74, 6) is -4.31. The number of aromatic carboxylic acids is 4. The Hall–Kier alpha value is -7.20. The van der Waals surface area contributed by atoms with E-state index in [9.17, 15) is 39.6 Å². The fraction of sp³-hybridized carbons (Fsp3) is 0. The second-order valence-corrected chi connectivity index (χ2v) is 11.5. The maximum atomic E-state index is 12.4. The molecule has 50 heavy (non-hydrogen) atoms. The molecule has 0 spiro atoms. The van der Waals surface area contributed by atoms with Crippen LogP contribution >= 0.6 is 0 Å². The zero-order chi connectivity index (χ0) is 35.5. The van der Waals surface area contributed by atoms with Gasteiger partial charge in [-0.2, -0.15) is 0 Å². The van der Waals surface area contributed by atoms with Gasteiger partial charge < -0.3 is 31.5 Å². The molecule has 0 bridgehead atoms. The molecule has 0 fully saturated rings. The summed E-state index contributed by atoms with van der Waals surface area (Å²) in [7, 11) is 0. The quantitative estimate of drug-likeness (QED) is 0.0775. The lowest BCUT2D eigenvalue weighted by Gasteiger charge is -2.16. The molecule has 10 nitrogen and oxygen atoms in total. The van der Waals surface area contributed by atoms with Crippen LogP contribution in [-0.4, -0.2) is 44.3 Å². The second-order valence-electron chi connectivity index (χ2n) is 11.5. The topological polar surface area (TPSA) is 187 Å². The first kappa shape index (κ1) is 32.7. The summed E-state index contributed by atoms with van der Waals surface area (Å²) in [6.45, 7) is 0. The summed E-state index contributed by atoms with van der Waals surface area (Å²) in [5, 5.41) is 41.4. The summed E-state index contributed by atoms with van der Waals surface area (Å²) in [6.07, 6.45) is 0. The largest absolute Gasteiger partial charge is 0.478 e. The van der Waals surface area contributed by atoms with Crippen molar-refractivity contribution in [3.05, 3.63) is 150 Å². The zero-order valence-electron chi connectivity index (χ0n) is 26.1. The third kappa shape index (κ3) is 7.04. The van der Waals surface area contributed by atoms with Gasteiger partial charge in [0.05, 0.1) is 27.9 Å². The molecule has 0 aliphatic heterocycles. The lowest BCUT2D eigenvalue weighted by atomic mass is 9.95. The van der Waals surface area contributed by atoms with Gasteiger partial charge in [0.2, 0.25) is 0 Å². The molecule has 0 amide bonds. The first-order valence-electron chi connectivity index (χ1n) is 15.2. The van der Waals surface area contributed by atoms with E-state index in [2.05, 4.69) is 5.32 Å². The number of hydrogen-bond donors (Lipinski definition) is 6. The van der Waals surface area contributed by atoms with E-state index >= 15 is 0 Å². The zero-order valence-corrected chi connectivity index (χ0v) is 26.1. The average Bonchev–Trinajstić information content (AvgIpc) is 3.11. The van der Waals surface area contributed by atoms with Crippen LogP contribution in [0.25, 0.3) is 44.5 Å². The van der Waals surface area contributed by atoms with Crippen LogP contribution in [0.5, 0.6) is 0 Å². The van der Waals surface area contributed by atoms with Crippen LogP contribution in [0.15, 0.2) is 127 Å². The summed E-state index contributed by atoms with van der Waals surface area (Å²) in [4.78, 5) is 46.6. The number of carbonyl (C=O) groups is 4. The third-order valence-electron chi connectivity index (χ3n) is 8.15. The lowest BCUT2D eigenvalue weighted by molar-refractivity contribution is 0.0686. The van der Waals surface area contributed by atoms with Gasteiger partial charge in [0.15, 0.2) is 0 Å². The summed E-state index contributed by atoms with van der Waals surface area (Å²) in [6, 6.07) is 34.8. The number of carboxylic acid groups (broad SMARTS) is 4. The van der Waals surface area contributed by atoms with E-state index in [-0.39, 0.29) is 27.9 Å². The molecule has 0 heterocycles. The van der Waals surface area contributed by atoms with Gasteiger partial charge in [-0.25, -0.2) is 19.2 Å². The molecule has 0 unspecified atom stereocenters. The molecule has 246 valence electrons. The predicted octanol–water partition coefficient (Wildman–Crippen LogP) is 8.47. The van der Waals surface area contributed by atoms with Crippen LogP contribution in [0.3, 0.4) is 0 Å². The Bertz CT molecular complexity index is 2220. The molecule has 0 radical (unpaired) electrons. The average molecular weight is 665 g/mol. The van der Waals surface area contributed by atoms with Gasteiger partial charge >= 0.3 is 23.9 Å². The molecule has 6 rings (SSSR count). The van der Waals surface area contributed by atoms with Gasteiger partial charge in [0, 0.05) is 11.4 Å². The predicted molar refractivity (Wildman–Crippen MR) is 190 cm³/mol. The molecule has 0 saturated heterocycles. The Labute approximate surface area is 285 Å². The van der Waals surface area contributed by atoms with Gasteiger partial charge in [0.1, 0.15) is 0 Å². The first-order chi connectivity index (χ1) is 23.9. The fourth-order valence-electron chi connectivity index (χ4n) is 5.60. The number of rotatable bonds is 10. The summed E-state index contributed by atoms with van der Waals surface area (Å²) >= 11 is 0. The van der Waals surface area contributed by atoms with Crippen LogP contribution < -0.4 is 11.1 Å². The van der Waals surface area contributed by atoms with Crippen LogP contribution in [0.4, 0.5) is 17.1 Å². The smallest absolute Gasteiger partial charge is 0.337 e. The molecular formula is C40H28N2O8. The van der Waals surface area contributed by atoms with Crippen LogP contribution in [0, 0.1) is 0 Å². The number of nitrogens with two attached hydrogens (primary N) is 1. The molecule has 0 aromatic heterocycles. The minimum Gasteiger partial charge on any atom is -0.478 e. The highest BCUT2D eigenvalue weighted by atomic mass is 16.4. The van der Waals surface area contributed by atoms with E-state index in [0.29, 0.717) is 44.8 Å². The van der Waals surface area contributed by atoms with Crippen LogP contribution in [0.1, 0.15) is 41.4 Å². The molecule has 0 saturated carbocycles. The van der Waals surface area contributed by atoms with E-state index in [1.807, 2.05) is 24.3 Å². The SMILES string of the molecule is Nc1cc(-c2ccc(C(=O)O)cc2)cc(-c2ccc(C(=O)O)c(Nc3cc(-c4ccc(C(=O)O)cc4)cc(-c4ccc(C(=O)O)cc4)c3)c2)c1. The van der Waals surface area contributed by atoms with Crippen molar-refractivity contribution in [1.82, 2.24) is 0 Å². The molecule has 0 aliphatic carbocycles. The van der Waals surface area contributed by atoms with Crippen molar-refractivity contribution in [2.45, 2.75) is 0 Å². The van der Waals surface area contributed by atoms with Crippen LogP contribution in [-0.2, 0) is 0 Å². The molecule has 6 aromatic carbocycles. The highest BCUT2D eigenvalue weighted by molar-refractivity contribution is 5.97. The number of anilines is 3. The molecule has 6 aromatic rings. The number of nitrogen functional groups attached to an aromatic ring is 1. The van der Waals surface area contributed by atoms with Crippen molar-refractivity contribution < 1.29 is 39.6 Å². The van der Waals surface area contributed by atoms with Gasteiger partial charge in [-0.05, 0) is 129 Å². The maximum absolute atomic E-state index is 12.4. The maximum Gasteiger partial charge on any atom is 0.337 e. The number of benzene rings is 6. The summed E-state index contributed by atoms with van der Waals surface area (Å²) in [5.41, 5.74) is 13.6. The normalized spacial score (nSPS) is 10.7. The minimum absolute atomic E-state index is 0.00529. The second kappa shape index (κ2) is 13.5. The molecular weight excluding hydrogens is 636 g/mol. The Morgan fingerprint density at radius 3 is 1.14 bits per heavy atom. The van der Waals surface area contributed by atoms with Crippen molar-refractivity contribution in [3.63, 3.8) is 0 Å². The molecule has 10 heteroatoms. The lowest BCUT2D eigenvalue weighted by Crippen LogP contribution is -2.03. The minimum atomic E-state index is -1.16. The van der Waals surface area contributed by atoms with Gasteiger partial charge in [-0.15, -0.1) is 0 Å². The number of carboxylic acids is 4. The Balaban J connectivity index is 1.43. The number of hydrogen-bond acceptors (Lipinski definition) is 6. The Morgan fingerprint density at radius 1 is 0.400 bits per heavy atom. The Kier molecular flexibility index (Phi) is 8.84. The monoisotopic (exact) mass is 664 g/mol. The van der Waals surface area contributed by atoms with Gasteiger partial charge in [0.25, 0.3) is 0 Å². The Morgan fingerprint density at radius 2 is 0.760 bits per heavy atom.